The van der Waals surface area contributed by atoms with Gasteiger partial charge in [-0.05, 0) is 31.1 Å². The van der Waals surface area contributed by atoms with E-state index in [9.17, 15) is 4.79 Å². The predicted octanol–water partition coefficient (Wildman–Crippen LogP) is 4.31. The van der Waals surface area contributed by atoms with E-state index in [1.807, 2.05) is 30.3 Å². The zero-order valence-electron chi connectivity index (χ0n) is 16.6. The summed E-state index contributed by atoms with van der Waals surface area (Å²) in [7, 11) is 0. The van der Waals surface area contributed by atoms with Crippen LogP contribution in [0.3, 0.4) is 0 Å². The number of thiophene rings is 1. The van der Waals surface area contributed by atoms with Gasteiger partial charge in [0.15, 0.2) is 0 Å². The van der Waals surface area contributed by atoms with Gasteiger partial charge < -0.3 is 16.4 Å². The van der Waals surface area contributed by atoms with E-state index in [0.717, 1.165) is 45.0 Å². The number of hydrogen-bond acceptors (Lipinski definition) is 5. The van der Waals surface area contributed by atoms with Crippen LogP contribution in [0.4, 0.5) is 0 Å². The molecular weight excluding hydrogens is 392 g/mol. The number of aryl methyl sites for hydroxylation is 1. The van der Waals surface area contributed by atoms with E-state index in [1.54, 1.807) is 17.4 Å². The summed E-state index contributed by atoms with van der Waals surface area (Å²) < 4.78 is 0.926. The fourth-order valence-electron chi connectivity index (χ4n) is 4.11. The Labute approximate surface area is 179 Å². The Morgan fingerprint density at radius 2 is 2.07 bits per heavy atom. The molecule has 1 unspecified atom stereocenters. The third kappa shape index (κ3) is 3.19. The van der Waals surface area contributed by atoms with Crippen LogP contribution >= 0.6 is 11.3 Å². The number of carbonyl (C=O) groups is 1. The summed E-state index contributed by atoms with van der Waals surface area (Å²) in [6.07, 6.45) is 4.93. The molecule has 0 bridgehead atoms. The highest BCUT2D eigenvalue weighted by Crippen LogP contribution is 2.39. The molecule has 5 rings (SSSR count). The molecule has 1 aliphatic carbocycles. The Balaban J connectivity index is 1.54. The van der Waals surface area contributed by atoms with Crippen molar-refractivity contribution >= 4 is 33.2 Å². The first-order chi connectivity index (χ1) is 14.6. The maximum Gasteiger partial charge on any atom is 0.250 e. The van der Waals surface area contributed by atoms with E-state index >= 15 is 0 Å². The van der Waals surface area contributed by atoms with Crippen molar-refractivity contribution in [1.29, 1.82) is 0 Å². The number of nitrogens with zero attached hydrogens (tertiary/aromatic N) is 1. The second-order valence-corrected chi connectivity index (χ2v) is 8.71. The summed E-state index contributed by atoms with van der Waals surface area (Å²) in [6, 6.07) is 16.0. The molecule has 5 nitrogen and oxygen atoms in total. The van der Waals surface area contributed by atoms with Gasteiger partial charge in [0.2, 0.25) is 5.91 Å². The highest BCUT2D eigenvalue weighted by molar-refractivity contribution is 7.19. The minimum absolute atomic E-state index is 0.221. The van der Waals surface area contributed by atoms with Crippen molar-refractivity contribution in [3.05, 3.63) is 93.5 Å². The number of allylic oxidation sites excluding steroid dienone is 2. The van der Waals surface area contributed by atoms with Crippen LogP contribution in [0.25, 0.3) is 10.1 Å². The van der Waals surface area contributed by atoms with E-state index in [1.165, 1.54) is 11.1 Å². The first kappa shape index (κ1) is 18.6. The molecule has 0 saturated carbocycles. The van der Waals surface area contributed by atoms with Gasteiger partial charge in [0, 0.05) is 38.3 Å². The second kappa shape index (κ2) is 7.46. The molecule has 0 saturated heterocycles. The van der Waals surface area contributed by atoms with Crippen LogP contribution in [0.1, 0.15) is 38.9 Å². The van der Waals surface area contributed by atoms with E-state index in [4.69, 9.17) is 10.7 Å². The Hall–Kier alpha value is -3.38. The van der Waals surface area contributed by atoms with Crippen molar-refractivity contribution in [2.75, 3.05) is 0 Å². The number of fused-ring (bicyclic) bond motifs is 1. The van der Waals surface area contributed by atoms with Crippen LogP contribution in [-0.2, 0) is 6.54 Å². The number of carbonyl (C=O) groups excluding carboxylic acids is 1. The Morgan fingerprint density at radius 3 is 2.87 bits per heavy atom. The molecular formula is C24H22N4OS. The van der Waals surface area contributed by atoms with Crippen LogP contribution in [0.15, 0.2) is 76.9 Å². The summed E-state index contributed by atoms with van der Waals surface area (Å²) in [5.41, 5.74) is 10.8. The molecule has 1 aliphatic heterocycles. The standard InChI is InChI=1S/C24H22N4OS/c1-14-20(17-10-5-11-18(22(25)29)21(17)30-14)24-27-19-12-6-9-16(19)23(28-24)26-13-15-7-3-2-4-8-15/h2-8,10-12,24,27H,9,13H2,1H3,(H2,25,29)(H,26,28). The van der Waals surface area contributed by atoms with Crippen molar-refractivity contribution < 1.29 is 4.79 Å². The number of nitrogens with two attached hydrogens (primary N) is 1. The van der Waals surface area contributed by atoms with Gasteiger partial charge in [-0.25, -0.2) is 4.99 Å². The van der Waals surface area contributed by atoms with Crippen molar-refractivity contribution in [3.63, 3.8) is 0 Å². The lowest BCUT2D eigenvalue weighted by Gasteiger charge is -2.26. The highest BCUT2D eigenvalue weighted by atomic mass is 32.1. The lowest BCUT2D eigenvalue weighted by atomic mass is 10.0. The van der Waals surface area contributed by atoms with Gasteiger partial charge in [-0.15, -0.1) is 11.3 Å². The second-order valence-electron chi connectivity index (χ2n) is 7.48. The molecule has 0 spiro atoms. The van der Waals surface area contributed by atoms with Crippen LogP contribution < -0.4 is 16.4 Å². The van der Waals surface area contributed by atoms with E-state index < -0.39 is 5.91 Å². The van der Waals surface area contributed by atoms with Gasteiger partial charge in [-0.2, -0.15) is 0 Å². The fourth-order valence-corrected chi connectivity index (χ4v) is 5.32. The molecule has 2 aromatic carbocycles. The number of hydrogen-bond donors (Lipinski definition) is 3. The molecule has 0 fully saturated rings. The zero-order valence-corrected chi connectivity index (χ0v) is 17.4. The van der Waals surface area contributed by atoms with Gasteiger partial charge >= 0.3 is 0 Å². The number of amides is 1. The SMILES string of the molecule is Cc1sc2c(C(N)=O)cccc2c1C1N=C(NCc2ccccc2)C2=C(C=CC2)N1. The smallest absolute Gasteiger partial charge is 0.250 e. The topological polar surface area (TPSA) is 79.5 Å². The van der Waals surface area contributed by atoms with Gasteiger partial charge in [0.05, 0.1) is 5.56 Å². The Morgan fingerprint density at radius 1 is 1.23 bits per heavy atom. The predicted molar refractivity (Wildman–Crippen MR) is 122 cm³/mol. The highest BCUT2D eigenvalue weighted by Gasteiger charge is 2.28. The van der Waals surface area contributed by atoms with Crippen molar-refractivity contribution in [2.45, 2.75) is 26.1 Å². The molecule has 3 aromatic rings. The van der Waals surface area contributed by atoms with Gasteiger partial charge in [0.25, 0.3) is 0 Å². The fraction of sp³-hybridized carbons (Fsp3) is 0.167. The number of aliphatic imine (C=N–C) groups is 1. The molecule has 4 N–H and O–H groups in total. The number of benzene rings is 2. The Kier molecular flexibility index (Phi) is 4.64. The Bertz CT molecular complexity index is 1240. The maximum atomic E-state index is 11.9. The molecule has 1 aromatic heterocycles. The molecule has 1 atom stereocenters. The normalized spacial score (nSPS) is 17.6. The molecule has 2 aliphatic rings. The van der Waals surface area contributed by atoms with E-state index in [0.29, 0.717) is 5.56 Å². The number of rotatable bonds is 4. The number of amidine groups is 1. The van der Waals surface area contributed by atoms with Crippen LogP contribution in [0.2, 0.25) is 0 Å². The third-order valence-electron chi connectivity index (χ3n) is 5.55. The van der Waals surface area contributed by atoms with Gasteiger partial charge in [0.1, 0.15) is 12.0 Å². The third-order valence-corrected chi connectivity index (χ3v) is 6.72. The van der Waals surface area contributed by atoms with E-state index in [-0.39, 0.29) is 6.17 Å². The minimum Gasteiger partial charge on any atom is -0.366 e. The summed E-state index contributed by atoms with van der Waals surface area (Å²) in [5.74, 6) is 0.523. The molecule has 2 heterocycles. The minimum atomic E-state index is -0.401. The molecule has 30 heavy (non-hydrogen) atoms. The maximum absolute atomic E-state index is 11.9. The van der Waals surface area contributed by atoms with Gasteiger partial charge in [-0.1, -0.05) is 48.5 Å². The zero-order chi connectivity index (χ0) is 20.7. The van der Waals surface area contributed by atoms with Gasteiger partial charge in [-0.3, -0.25) is 4.79 Å². The monoisotopic (exact) mass is 414 g/mol. The van der Waals surface area contributed by atoms with Crippen LogP contribution in [0, 0.1) is 6.92 Å². The number of nitrogens with one attached hydrogen (secondary N) is 2. The average Bonchev–Trinajstić information content (AvgIpc) is 3.35. The number of primary amides is 1. The molecule has 0 radical (unpaired) electrons. The lowest BCUT2D eigenvalue weighted by Crippen LogP contribution is -2.34. The molecule has 1 amide bonds. The summed E-state index contributed by atoms with van der Waals surface area (Å²) >= 11 is 1.60. The lowest BCUT2D eigenvalue weighted by molar-refractivity contribution is 0.100. The van der Waals surface area contributed by atoms with E-state index in [2.05, 4.69) is 41.8 Å². The molecule has 6 heteroatoms. The largest absolute Gasteiger partial charge is 0.366 e. The first-order valence-electron chi connectivity index (χ1n) is 9.96. The summed E-state index contributed by atoms with van der Waals surface area (Å²) in [6.45, 7) is 2.80. The average molecular weight is 415 g/mol. The van der Waals surface area contributed by atoms with Crippen molar-refractivity contribution in [1.82, 2.24) is 10.6 Å². The van der Waals surface area contributed by atoms with Crippen molar-refractivity contribution in [2.24, 2.45) is 10.7 Å². The quantitative estimate of drug-likeness (QED) is 0.595. The van der Waals surface area contributed by atoms with Crippen LogP contribution in [-0.4, -0.2) is 11.7 Å². The molecule has 150 valence electrons. The summed E-state index contributed by atoms with van der Waals surface area (Å²) in [5, 5.41) is 8.15. The van der Waals surface area contributed by atoms with Crippen LogP contribution in [0.5, 0.6) is 0 Å². The first-order valence-corrected chi connectivity index (χ1v) is 10.8. The van der Waals surface area contributed by atoms with Crippen molar-refractivity contribution in [3.8, 4) is 0 Å². The summed E-state index contributed by atoms with van der Waals surface area (Å²) in [4.78, 5) is 18.1.